The molecule has 10 heteroatoms. The van der Waals surface area contributed by atoms with Crippen LogP contribution in [0.25, 0.3) is 11.8 Å². The Morgan fingerprint density at radius 3 is 2.37 bits per heavy atom. The van der Waals surface area contributed by atoms with Crippen LogP contribution < -0.4 is 10.2 Å². The number of aromatic nitrogens is 1. The first-order chi connectivity index (χ1) is 16.5. The molecule has 0 saturated carbocycles. The van der Waals surface area contributed by atoms with Crippen molar-refractivity contribution in [3.63, 3.8) is 0 Å². The fraction of sp³-hybridized carbons (Fsp3) is 0.160. The molecule has 1 N–H and O–H groups in total. The maximum atomic E-state index is 13.4. The Bertz CT molecular complexity index is 1470. The number of aryl methyl sites for hydroxylation is 3. The summed E-state index contributed by atoms with van der Waals surface area (Å²) in [4.78, 5) is 38.0. The molecular formula is C25H21ClN4O4S. The van der Waals surface area contributed by atoms with Crippen LogP contribution in [-0.4, -0.2) is 26.4 Å². The number of carbonyl (C=O) groups is 2. The summed E-state index contributed by atoms with van der Waals surface area (Å²) in [5.74, 6) is -1.15. The van der Waals surface area contributed by atoms with Crippen molar-refractivity contribution in [2.24, 2.45) is 0 Å². The Morgan fingerprint density at radius 2 is 1.74 bits per heavy atom. The lowest BCUT2D eigenvalue weighted by Crippen LogP contribution is -2.54. The fourth-order valence-corrected chi connectivity index (χ4v) is 4.53. The molecule has 1 aliphatic heterocycles. The second-order valence-electron chi connectivity index (χ2n) is 8.28. The number of amides is 2. The smallest absolute Gasteiger partial charge is 0.270 e. The molecule has 2 heterocycles. The van der Waals surface area contributed by atoms with E-state index in [0.717, 1.165) is 28.2 Å². The lowest BCUT2D eigenvalue weighted by Gasteiger charge is -2.29. The molecule has 1 aromatic heterocycles. The van der Waals surface area contributed by atoms with Gasteiger partial charge >= 0.3 is 0 Å². The molecule has 178 valence electrons. The minimum atomic E-state index is -0.592. The molecule has 0 spiro atoms. The molecule has 4 rings (SSSR count). The highest BCUT2D eigenvalue weighted by molar-refractivity contribution is 7.80. The van der Waals surface area contributed by atoms with Gasteiger partial charge < -0.3 is 4.57 Å². The number of thiocarbonyl (C=S) groups is 1. The van der Waals surface area contributed by atoms with Gasteiger partial charge in [0.05, 0.1) is 10.6 Å². The Hall–Kier alpha value is -3.82. The monoisotopic (exact) mass is 508 g/mol. The summed E-state index contributed by atoms with van der Waals surface area (Å²) in [5, 5.41) is 14.1. The van der Waals surface area contributed by atoms with E-state index in [9.17, 15) is 19.7 Å². The number of anilines is 1. The third kappa shape index (κ3) is 4.36. The molecular weight excluding hydrogens is 488 g/mol. The van der Waals surface area contributed by atoms with Crippen LogP contribution in [-0.2, 0) is 9.59 Å². The molecule has 8 nitrogen and oxygen atoms in total. The van der Waals surface area contributed by atoms with Crippen molar-refractivity contribution in [2.45, 2.75) is 27.7 Å². The van der Waals surface area contributed by atoms with Crippen LogP contribution >= 0.6 is 23.8 Å². The lowest BCUT2D eigenvalue weighted by molar-refractivity contribution is -0.384. The van der Waals surface area contributed by atoms with Crippen LogP contribution in [0.3, 0.4) is 0 Å². The summed E-state index contributed by atoms with van der Waals surface area (Å²) in [7, 11) is 0. The highest BCUT2D eigenvalue weighted by atomic mass is 35.5. The first-order valence-electron chi connectivity index (χ1n) is 10.6. The normalized spacial score (nSPS) is 15.1. The average molecular weight is 509 g/mol. The van der Waals surface area contributed by atoms with E-state index in [1.165, 1.54) is 23.1 Å². The number of nitrogens with zero attached hydrogens (tertiary/aromatic N) is 3. The SMILES string of the molecule is Cc1ccc(N2C(=O)/C(=C/c3cc(C)n(-c4ccc([N+](=O)[O-])cc4C)c3C)C(=O)NC2=S)cc1Cl. The number of nitro benzene ring substituents is 1. The Balaban J connectivity index is 1.77. The van der Waals surface area contributed by atoms with Gasteiger partial charge in [0.25, 0.3) is 17.5 Å². The molecule has 2 amide bonds. The van der Waals surface area contributed by atoms with Crippen molar-refractivity contribution < 1.29 is 14.5 Å². The number of hydrogen-bond acceptors (Lipinski definition) is 5. The molecule has 0 atom stereocenters. The number of non-ortho nitro benzene ring substituents is 1. The highest BCUT2D eigenvalue weighted by Gasteiger charge is 2.35. The standard InChI is InChI=1S/C25H21ClN4O4S/c1-13-5-6-18(12-21(13)26)29-24(32)20(23(31)27-25(29)35)11-17-10-15(3)28(16(17)4)22-8-7-19(30(33)34)9-14(22)2/h5-12H,1-4H3,(H,27,31,35)/b20-11+. The number of nitro groups is 1. The summed E-state index contributed by atoms with van der Waals surface area (Å²) in [6.07, 6.45) is 1.53. The van der Waals surface area contributed by atoms with Crippen molar-refractivity contribution in [3.8, 4) is 5.69 Å². The van der Waals surface area contributed by atoms with E-state index in [4.69, 9.17) is 23.8 Å². The predicted molar refractivity (Wildman–Crippen MR) is 139 cm³/mol. The highest BCUT2D eigenvalue weighted by Crippen LogP contribution is 2.30. The second kappa shape index (κ2) is 9.09. The molecule has 35 heavy (non-hydrogen) atoms. The first kappa shape index (κ1) is 24.3. The van der Waals surface area contributed by atoms with Gasteiger partial charge in [-0.25, -0.2) is 0 Å². The van der Waals surface area contributed by atoms with Gasteiger partial charge in [0.1, 0.15) is 5.57 Å². The maximum Gasteiger partial charge on any atom is 0.270 e. The van der Waals surface area contributed by atoms with E-state index in [1.807, 2.05) is 31.4 Å². The van der Waals surface area contributed by atoms with Gasteiger partial charge in [0, 0.05) is 34.2 Å². The largest absolute Gasteiger partial charge is 0.318 e. The summed E-state index contributed by atoms with van der Waals surface area (Å²) < 4.78 is 1.93. The van der Waals surface area contributed by atoms with Crippen LogP contribution in [0.1, 0.15) is 28.1 Å². The summed E-state index contributed by atoms with van der Waals surface area (Å²) in [5.41, 5.74) is 5.00. The number of hydrogen-bond donors (Lipinski definition) is 1. The molecule has 1 saturated heterocycles. The number of rotatable bonds is 4. The third-order valence-electron chi connectivity index (χ3n) is 5.92. The van der Waals surface area contributed by atoms with Crippen LogP contribution in [0.4, 0.5) is 11.4 Å². The van der Waals surface area contributed by atoms with Gasteiger partial charge in [-0.2, -0.15) is 0 Å². The fourth-order valence-electron chi connectivity index (χ4n) is 4.08. The molecule has 0 bridgehead atoms. The maximum absolute atomic E-state index is 13.4. The second-order valence-corrected chi connectivity index (χ2v) is 9.08. The molecule has 0 radical (unpaired) electrons. The van der Waals surface area contributed by atoms with E-state index >= 15 is 0 Å². The molecule has 1 aliphatic rings. The summed E-state index contributed by atoms with van der Waals surface area (Å²) in [6.45, 7) is 7.38. The zero-order valence-corrected chi connectivity index (χ0v) is 21.0. The van der Waals surface area contributed by atoms with Gasteiger partial charge in [-0.1, -0.05) is 17.7 Å². The van der Waals surface area contributed by atoms with Gasteiger partial charge in [-0.05, 0) is 86.9 Å². The van der Waals surface area contributed by atoms with Crippen molar-refractivity contribution in [1.82, 2.24) is 9.88 Å². The quantitative estimate of drug-likeness (QED) is 0.174. The molecule has 0 aliphatic carbocycles. The van der Waals surface area contributed by atoms with Crippen molar-refractivity contribution in [1.29, 1.82) is 0 Å². The van der Waals surface area contributed by atoms with Crippen molar-refractivity contribution in [3.05, 3.63) is 91.3 Å². The lowest BCUT2D eigenvalue weighted by atomic mass is 10.1. The predicted octanol–water partition coefficient (Wildman–Crippen LogP) is 5.10. The Kier molecular flexibility index (Phi) is 6.31. The molecule has 1 fully saturated rings. The zero-order valence-electron chi connectivity index (χ0n) is 19.4. The molecule has 0 unspecified atom stereocenters. The van der Waals surface area contributed by atoms with Crippen LogP contribution in [0.15, 0.2) is 48.0 Å². The van der Waals surface area contributed by atoms with E-state index in [2.05, 4.69) is 5.32 Å². The van der Waals surface area contributed by atoms with E-state index in [-0.39, 0.29) is 16.4 Å². The van der Waals surface area contributed by atoms with Crippen molar-refractivity contribution in [2.75, 3.05) is 4.90 Å². The zero-order chi connectivity index (χ0) is 25.6. The minimum Gasteiger partial charge on any atom is -0.318 e. The molecule has 2 aromatic carbocycles. The van der Waals surface area contributed by atoms with Gasteiger partial charge in [0.15, 0.2) is 5.11 Å². The van der Waals surface area contributed by atoms with Crippen molar-refractivity contribution >= 4 is 58.2 Å². The Labute approximate surface area is 212 Å². The minimum absolute atomic E-state index is 0.00722. The number of carbonyl (C=O) groups excluding carboxylic acids is 2. The van der Waals surface area contributed by atoms with E-state index < -0.39 is 16.7 Å². The topological polar surface area (TPSA) is 97.5 Å². The average Bonchev–Trinajstić information content (AvgIpc) is 3.06. The number of halogens is 1. The van der Waals surface area contributed by atoms with E-state index in [1.54, 1.807) is 31.2 Å². The van der Waals surface area contributed by atoms with Gasteiger partial charge in [-0.3, -0.25) is 29.9 Å². The Morgan fingerprint density at radius 1 is 1.03 bits per heavy atom. The van der Waals surface area contributed by atoms with Crippen LogP contribution in [0, 0.1) is 37.8 Å². The summed E-state index contributed by atoms with van der Waals surface area (Å²) >= 11 is 11.5. The van der Waals surface area contributed by atoms with Gasteiger partial charge in [0.2, 0.25) is 0 Å². The van der Waals surface area contributed by atoms with Gasteiger partial charge in [-0.15, -0.1) is 0 Å². The number of benzene rings is 2. The number of nitrogens with one attached hydrogen (secondary N) is 1. The third-order valence-corrected chi connectivity index (χ3v) is 6.61. The van der Waals surface area contributed by atoms with Crippen LogP contribution in [0.5, 0.6) is 0 Å². The first-order valence-corrected chi connectivity index (χ1v) is 11.4. The van der Waals surface area contributed by atoms with Crippen LogP contribution in [0.2, 0.25) is 5.02 Å². The summed E-state index contributed by atoms with van der Waals surface area (Å²) in [6, 6.07) is 11.6. The van der Waals surface area contributed by atoms with E-state index in [0.29, 0.717) is 16.3 Å². The molecule has 3 aromatic rings.